The van der Waals surface area contributed by atoms with Crippen LogP contribution in [0.3, 0.4) is 0 Å². The van der Waals surface area contributed by atoms with Gasteiger partial charge in [0.1, 0.15) is 0 Å². The number of amides is 3. The van der Waals surface area contributed by atoms with E-state index in [0.717, 1.165) is 22.9 Å². The van der Waals surface area contributed by atoms with Crippen LogP contribution in [0, 0.1) is 0 Å². The van der Waals surface area contributed by atoms with E-state index in [0.29, 0.717) is 25.4 Å². The molecule has 0 bridgehead atoms. The van der Waals surface area contributed by atoms with E-state index in [-0.39, 0.29) is 18.0 Å². The van der Waals surface area contributed by atoms with Crippen molar-refractivity contribution in [2.75, 3.05) is 20.1 Å². The van der Waals surface area contributed by atoms with Gasteiger partial charge in [0.15, 0.2) is 5.76 Å². The molecule has 1 fully saturated rings. The largest absolute Gasteiger partial charge is 0.459 e. The number of furan rings is 1. The quantitative estimate of drug-likeness (QED) is 0.824. The maximum Gasteiger partial charge on any atom is 0.317 e. The number of likely N-dealkylation sites (tertiary alicyclic amines) is 1. The van der Waals surface area contributed by atoms with Gasteiger partial charge in [-0.1, -0.05) is 28.1 Å². The lowest BCUT2D eigenvalue weighted by atomic mass is 10.0. The molecule has 3 rings (SSSR count). The summed E-state index contributed by atoms with van der Waals surface area (Å²) >= 11 is 3.41. The van der Waals surface area contributed by atoms with E-state index in [4.69, 9.17) is 4.42 Å². The molecule has 7 heteroatoms. The second-order valence-corrected chi connectivity index (χ2v) is 7.39. The molecule has 2 heterocycles. The van der Waals surface area contributed by atoms with Crippen LogP contribution in [0.15, 0.2) is 51.6 Å². The molecular formula is C19H22BrN3O3. The van der Waals surface area contributed by atoms with Crippen molar-refractivity contribution < 1.29 is 14.0 Å². The van der Waals surface area contributed by atoms with Gasteiger partial charge in [-0.15, -0.1) is 0 Å². The van der Waals surface area contributed by atoms with E-state index in [1.165, 1.54) is 6.26 Å². The van der Waals surface area contributed by atoms with Gasteiger partial charge < -0.3 is 19.5 Å². The molecule has 0 saturated carbocycles. The summed E-state index contributed by atoms with van der Waals surface area (Å²) in [5.74, 6) is 0.272. The highest BCUT2D eigenvalue weighted by molar-refractivity contribution is 9.10. The first-order valence-electron chi connectivity index (χ1n) is 8.62. The monoisotopic (exact) mass is 419 g/mol. The van der Waals surface area contributed by atoms with Crippen molar-refractivity contribution in [2.45, 2.75) is 25.4 Å². The van der Waals surface area contributed by atoms with Crippen LogP contribution in [-0.2, 0) is 6.54 Å². The number of hydrogen-bond acceptors (Lipinski definition) is 3. The van der Waals surface area contributed by atoms with Gasteiger partial charge in [0.2, 0.25) is 0 Å². The molecular weight excluding hydrogens is 398 g/mol. The van der Waals surface area contributed by atoms with Crippen molar-refractivity contribution in [3.8, 4) is 0 Å². The number of nitrogens with zero attached hydrogens (tertiary/aromatic N) is 2. The smallest absolute Gasteiger partial charge is 0.317 e. The average Bonchev–Trinajstić information content (AvgIpc) is 3.18. The fraction of sp³-hybridized carbons (Fsp3) is 0.368. The Morgan fingerprint density at radius 1 is 1.23 bits per heavy atom. The van der Waals surface area contributed by atoms with Crippen LogP contribution in [0.1, 0.15) is 29.0 Å². The van der Waals surface area contributed by atoms with E-state index in [1.807, 2.05) is 24.3 Å². The highest BCUT2D eigenvalue weighted by Gasteiger charge is 2.26. The molecule has 0 spiro atoms. The van der Waals surface area contributed by atoms with Gasteiger partial charge in [0.05, 0.1) is 6.26 Å². The van der Waals surface area contributed by atoms with Crippen LogP contribution in [0.5, 0.6) is 0 Å². The van der Waals surface area contributed by atoms with Crippen molar-refractivity contribution in [1.29, 1.82) is 0 Å². The maximum atomic E-state index is 12.4. The molecule has 0 unspecified atom stereocenters. The average molecular weight is 420 g/mol. The summed E-state index contributed by atoms with van der Waals surface area (Å²) in [6, 6.07) is 11.3. The highest BCUT2D eigenvalue weighted by atomic mass is 79.9. The summed E-state index contributed by atoms with van der Waals surface area (Å²) in [7, 11) is 1.78. The lowest BCUT2D eigenvalue weighted by Crippen LogP contribution is -2.49. The Hall–Kier alpha value is -2.28. The number of benzene rings is 1. The van der Waals surface area contributed by atoms with Gasteiger partial charge in [-0.05, 0) is 42.7 Å². The third-order valence-electron chi connectivity index (χ3n) is 4.52. The molecule has 2 aromatic rings. The first kappa shape index (κ1) is 18.5. The number of rotatable bonds is 4. The van der Waals surface area contributed by atoms with Crippen LogP contribution in [0.2, 0.25) is 0 Å². The zero-order valence-electron chi connectivity index (χ0n) is 14.7. The van der Waals surface area contributed by atoms with Crippen molar-refractivity contribution >= 4 is 27.9 Å². The van der Waals surface area contributed by atoms with Gasteiger partial charge in [-0.3, -0.25) is 4.79 Å². The maximum absolute atomic E-state index is 12.4. The summed E-state index contributed by atoms with van der Waals surface area (Å²) in [6.07, 6.45) is 2.98. The lowest BCUT2D eigenvalue weighted by molar-refractivity contribution is 0.0674. The number of hydrogen-bond donors (Lipinski definition) is 1. The molecule has 138 valence electrons. The molecule has 0 aliphatic carbocycles. The molecule has 1 aromatic carbocycles. The number of carbonyl (C=O) groups excluding carboxylic acids is 2. The minimum Gasteiger partial charge on any atom is -0.459 e. The minimum atomic E-state index is -0.0938. The Bertz CT molecular complexity index is 738. The molecule has 1 aromatic heterocycles. The molecule has 6 nitrogen and oxygen atoms in total. The van der Waals surface area contributed by atoms with Crippen LogP contribution in [0.25, 0.3) is 0 Å². The van der Waals surface area contributed by atoms with Crippen LogP contribution in [-0.4, -0.2) is 47.9 Å². The van der Waals surface area contributed by atoms with E-state index in [2.05, 4.69) is 21.2 Å². The van der Waals surface area contributed by atoms with Crippen LogP contribution < -0.4 is 5.32 Å². The molecule has 0 radical (unpaired) electrons. The van der Waals surface area contributed by atoms with Gasteiger partial charge in [0, 0.05) is 37.2 Å². The predicted octanol–water partition coefficient (Wildman–Crippen LogP) is 3.49. The SMILES string of the molecule is CN(Cc1ccc(Br)cc1)C(=O)NC1CCN(C(=O)c2ccco2)CC1. The third kappa shape index (κ3) is 4.66. The van der Waals surface area contributed by atoms with Crippen LogP contribution in [0.4, 0.5) is 4.79 Å². The Morgan fingerprint density at radius 2 is 1.92 bits per heavy atom. The molecule has 0 atom stereocenters. The van der Waals surface area contributed by atoms with Gasteiger partial charge >= 0.3 is 6.03 Å². The standard InChI is InChI=1S/C19H22BrN3O3/c1-22(13-14-4-6-15(20)7-5-14)19(25)21-16-8-10-23(11-9-16)18(24)17-3-2-12-26-17/h2-7,12,16H,8-11,13H2,1H3,(H,21,25). The molecule has 1 aliphatic heterocycles. The summed E-state index contributed by atoms with van der Waals surface area (Å²) in [6.45, 7) is 1.77. The second-order valence-electron chi connectivity index (χ2n) is 6.48. The molecule has 26 heavy (non-hydrogen) atoms. The predicted molar refractivity (Wildman–Crippen MR) is 102 cm³/mol. The van der Waals surface area contributed by atoms with Crippen molar-refractivity contribution in [2.24, 2.45) is 0 Å². The summed E-state index contributed by atoms with van der Waals surface area (Å²) in [5, 5.41) is 3.06. The van der Waals surface area contributed by atoms with Gasteiger partial charge in [-0.25, -0.2) is 4.79 Å². The summed E-state index contributed by atoms with van der Waals surface area (Å²) < 4.78 is 6.18. The number of carbonyl (C=O) groups is 2. The first-order valence-corrected chi connectivity index (χ1v) is 9.41. The number of halogens is 1. The zero-order valence-corrected chi connectivity index (χ0v) is 16.2. The topological polar surface area (TPSA) is 65.8 Å². The molecule has 1 N–H and O–H groups in total. The van der Waals surface area contributed by atoms with E-state index in [9.17, 15) is 9.59 Å². The Labute approximate surface area is 161 Å². The van der Waals surface area contributed by atoms with Crippen LogP contribution >= 0.6 is 15.9 Å². The lowest BCUT2D eigenvalue weighted by Gasteiger charge is -2.32. The fourth-order valence-electron chi connectivity index (χ4n) is 3.00. The summed E-state index contributed by atoms with van der Waals surface area (Å²) in [5.41, 5.74) is 1.07. The second kappa shape index (κ2) is 8.40. The number of urea groups is 1. The van der Waals surface area contributed by atoms with Gasteiger partial charge in [-0.2, -0.15) is 0 Å². The molecule has 3 amide bonds. The van der Waals surface area contributed by atoms with Crippen molar-refractivity contribution in [1.82, 2.24) is 15.1 Å². The van der Waals surface area contributed by atoms with E-state index in [1.54, 1.807) is 29.0 Å². The summed E-state index contributed by atoms with van der Waals surface area (Å²) in [4.78, 5) is 28.1. The minimum absolute atomic E-state index is 0.0792. The third-order valence-corrected chi connectivity index (χ3v) is 5.05. The van der Waals surface area contributed by atoms with Crippen molar-refractivity contribution in [3.63, 3.8) is 0 Å². The highest BCUT2D eigenvalue weighted by Crippen LogP contribution is 2.15. The van der Waals surface area contributed by atoms with E-state index >= 15 is 0 Å². The van der Waals surface area contributed by atoms with Crippen molar-refractivity contribution in [3.05, 3.63) is 58.5 Å². The first-order chi connectivity index (χ1) is 12.5. The zero-order chi connectivity index (χ0) is 18.5. The Balaban J connectivity index is 1.45. The number of piperidine rings is 1. The normalized spacial score (nSPS) is 14.9. The fourth-order valence-corrected chi connectivity index (χ4v) is 3.27. The molecule has 1 aliphatic rings. The van der Waals surface area contributed by atoms with Gasteiger partial charge in [0.25, 0.3) is 5.91 Å². The Morgan fingerprint density at radius 3 is 2.54 bits per heavy atom. The number of nitrogens with one attached hydrogen (secondary N) is 1. The Kier molecular flexibility index (Phi) is 5.98. The molecule has 1 saturated heterocycles. The van der Waals surface area contributed by atoms with E-state index < -0.39 is 0 Å².